The average Bonchev–Trinajstić information content (AvgIpc) is 3.10. The largest absolute Gasteiger partial charge is 0.507 e. The molecule has 3 aromatic rings. The number of aliphatic imine (C=N–C) groups is 1. The molecule has 0 aromatic heterocycles. The summed E-state index contributed by atoms with van der Waals surface area (Å²) >= 11 is 0. The lowest BCUT2D eigenvalue weighted by atomic mass is 9.78. The van der Waals surface area contributed by atoms with Crippen molar-refractivity contribution >= 4 is 35.6 Å². The Morgan fingerprint density at radius 3 is 1.75 bits per heavy atom. The van der Waals surface area contributed by atoms with Crippen molar-refractivity contribution < 1.29 is 34.2 Å². The summed E-state index contributed by atoms with van der Waals surface area (Å²) in [4.78, 5) is 69.6. The minimum atomic E-state index is -1.38. The molecule has 3 atom stereocenters. The highest BCUT2D eigenvalue weighted by molar-refractivity contribution is 5.99. The predicted molar refractivity (Wildman–Crippen MR) is 212 cm³/mol. The van der Waals surface area contributed by atoms with E-state index in [4.69, 9.17) is 17.2 Å². The van der Waals surface area contributed by atoms with Gasteiger partial charge in [0, 0.05) is 36.1 Å². The molecule has 0 radical (unpaired) electrons. The summed E-state index contributed by atoms with van der Waals surface area (Å²) in [5, 5.41) is 28.7. The number of carbonyl (C=O) groups excluding carboxylic acids is 4. The summed E-state index contributed by atoms with van der Waals surface area (Å²) in [6, 6.07) is 16.4. The number of carboxylic acids is 1. The van der Waals surface area contributed by atoms with Crippen molar-refractivity contribution in [1.82, 2.24) is 16.0 Å². The first-order valence-corrected chi connectivity index (χ1v) is 18.2. The molecule has 3 rings (SSSR count). The smallest absolute Gasteiger partial charge is 0.303 e. The highest BCUT2D eigenvalue weighted by atomic mass is 16.4. The second kappa shape index (κ2) is 18.9. The Bertz CT molecular complexity index is 1830. The van der Waals surface area contributed by atoms with E-state index in [0.29, 0.717) is 23.1 Å². The Morgan fingerprint density at radius 1 is 0.709 bits per heavy atom. The van der Waals surface area contributed by atoms with Crippen LogP contribution in [0.2, 0.25) is 0 Å². The molecule has 0 aliphatic heterocycles. The van der Waals surface area contributed by atoms with Crippen molar-refractivity contribution in [2.24, 2.45) is 22.2 Å². The van der Waals surface area contributed by atoms with Crippen molar-refractivity contribution in [3.05, 3.63) is 89.0 Å². The van der Waals surface area contributed by atoms with Crippen LogP contribution < -0.4 is 33.2 Å². The number of amides is 4. The summed E-state index contributed by atoms with van der Waals surface area (Å²) in [6.45, 7) is 11.6. The molecule has 4 amide bonds. The predicted octanol–water partition coefficient (Wildman–Crippen LogP) is 3.37. The SMILES string of the molecule is CC(C)(C)c1cc(C(=O)N[C@@H](CCC(=O)O)C(=O)N[C@@H](Cc2ccc(-c3ccccc3)cc2)C(=O)N[C@@H](CCCN=C(N)N)C(N)=O)cc(C(C)(C)C)c1O. The Kier molecular flexibility index (Phi) is 14.9. The lowest BCUT2D eigenvalue weighted by Gasteiger charge is -2.28. The van der Waals surface area contributed by atoms with Crippen LogP contribution in [-0.2, 0) is 36.4 Å². The van der Waals surface area contributed by atoms with Gasteiger partial charge in [-0.25, -0.2) is 0 Å². The number of benzene rings is 3. The first kappa shape index (κ1) is 43.5. The number of nitrogens with zero attached hydrogens (tertiary/aromatic N) is 1. The maximum absolute atomic E-state index is 14.0. The van der Waals surface area contributed by atoms with Gasteiger partial charge < -0.3 is 43.4 Å². The van der Waals surface area contributed by atoms with Crippen molar-refractivity contribution in [2.45, 2.75) is 103 Å². The van der Waals surface area contributed by atoms with Gasteiger partial charge in [-0.15, -0.1) is 0 Å². The van der Waals surface area contributed by atoms with Crippen LogP contribution >= 0.6 is 0 Å². The molecule has 11 N–H and O–H groups in total. The Morgan fingerprint density at radius 2 is 1.24 bits per heavy atom. The van der Waals surface area contributed by atoms with Gasteiger partial charge in [-0.1, -0.05) is 96.1 Å². The van der Waals surface area contributed by atoms with Gasteiger partial charge >= 0.3 is 5.97 Å². The van der Waals surface area contributed by atoms with Gasteiger partial charge in [0.05, 0.1) is 0 Å². The van der Waals surface area contributed by atoms with Gasteiger partial charge in [0.15, 0.2) is 5.96 Å². The second-order valence-corrected chi connectivity index (χ2v) is 15.6. The molecule has 0 saturated carbocycles. The molecule has 0 fully saturated rings. The number of aliphatic carboxylic acids is 1. The summed E-state index contributed by atoms with van der Waals surface area (Å²) in [6.07, 6.45) is -0.350. The van der Waals surface area contributed by atoms with Gasteiger partial charge in [0.2, 0.25) is 17.7 Å². The van der Waals surface area contributed by atoms with E-state index in [0.717, 1.165) is 11.1 Å². The number of phenolic OH excluding ortho intramolecular Hbond substituents is 1. The van der Waals surface area contributed by atoms with E-state index in [1.54, 1.807) is 12.1 Å². The highest BCUT2D eigenvalue weighted by Crippen LogP contribution is 2.39. The van der Waals surface area contributed by atoms with E-state index in [1.165, 1.54) is 0 Å². The van der Waals surface area contributed by atoms with Crippen LogP contribution in [0.25, 0.3) is 11.1 Å². The number of aromatic hydroxyl groups is 1. The van der Waals surface area contributed by atoms with E-state index >= 15 is 0 Å². The zero-order valence-electron chi connectivity index (χ0n) is 32.4. The summed E-state index contributed by atoms with van der Waals surface area (Å²) in [7, 11) is 0. The summed E-state index contributed by atoms with van der Waals surface area (Å²) in [5.74, 6) is -4.27. The standard InChI is InChI=1S/C41H55N7O7/c1-40(2,3)28-22-27(23-29(34(28)51)41(4,5)6)36(53)47-31(18-19-33(49)50)37(54)48-32(38(55)46-30(35(42)52)13-10-20-45-39(43)44)21-24-14-16-26(17-15-24)25-11-8-7-9-12-25/h7-9,11-12,14-17,22-23,30-32,51H,10,13,18-21H2,1-6H3,(H2,42,52)(H,46,55)(H,47,53)(H,48,54)(H,49,50)(H4,43,44,45)/t30-,31-,32-/m0/s1. The van der Waals surface area contributed by atoms with Crippen LogP contribution in [0, 0.1) is 0 Å². The van der Waals surface area contributed by atoms with E-state index in [-0.39, 0.29) is 43.1 Å². The summed E-state index contributed by atoms with van der Waals surface area (Å²) < 4.78 is 0. The van der Waals surface area contributed by atoms with Crippen LogP contribution in [0.4, 0.5) is 0 Å². The maximum Gasteiger partial charge on any atom is 0.303 e. The number of rotatable bonds is 17. The molecule has 14 nitrogen and oxygen atoms in total. The molecule has 3 aromatic carbocycles. The minimum absolute atomic E-state index is 0.0203. The Hall–Kier alpha value is -5.92. The number of guanidine groups is 1. The number of nitrogens with two attached hydrogens (primary N) is 3. The van der Waals surface area contributed by atoms with Crippen LogP contribution in [0.5, 0.6) is 5.75 Å². The van der Waals surface area contributed by atoms with Gasteiger partial charge in [0.1, 0.15) is 23.9 Å². The van der Waals surface area contributed by atoms with Crippen molar-refractivity contribution in [1.29, 1.82) is 0 Å². The monoisotopic (exact) mass is 757 g/mol. The van der Waals surface area contributed by atoms with Crippen LogP contribution in [0.15, 0.2) is 71.7 Å². The third-order valence-corrected chi connectivity index (χ3v) is 9.00. The molecule has 0 aliphatic rings. The third kappa shape index (κ3) is 13.2. The van der Waals surface area contributed by atoms with Crippen LogP contribution in [0.3, 0.4) is 0 Å². The van der Waals surface area contributed by atoms with E-state index in [1.807, 2.05) is 96.1 Å². The van der Waals surface area contributed by atoms with E-state index < -0.39 is 65.0 Å². The highest BCUT2D eigenvalue weighted by Gasteiger charge is 2.32. The number of carbonyl (C=O) groups is 5. The van der Waals surface area contributed by atoms with Gasteiger partial charge in [-0.2, -0.15) is 0 Å². The lowest BCUT2D eigenvalue weighted by Crippen LogP contribution is -2.57. The first-order chi connectivity index (χ1) is 25.7. The first-order valence-electron chi connectivity index (χ1n) is 18.2. The fourth-order valence-electron chi connectivity index (χ4n) is 5.93. The van der Waals surface area contributed by atoms with Crippen molar-refractivity contribution in [3.63, 3.8) is 0 Å². The maximum atomic E-state index is 14.0. The fraction of sp³-hybridized carbons (Fsp3) is 0.415. The molecule has 0 heterocycles. The molecule has 0 saturated heterocycles. The number of carboxylic acid groups (broad SMARTS) is 1. The molecule has 0 bridgehead atoms. The number of primary amides is 1. The zero-order valence-corrected chi connectivity index (χ0v) is 32.4. The van der Waals surface area contributed by atoms with E-state index in [2.05, 4.69) is 20.9 Å². The van der Waals surface area contributed by atoms with Gasteiger partial charge in [-0.3, -0.25) is 29.0 Å². The number of hydrogen-bond acceptors (Lipinski definition) is 7. The van der Waals surface area contributed by atoms with Gasteiger partial charge in [0.25, 0.3) is 5.91 Å². The molecule has 0 spiro atoms. The van der Waals surface area contributed by atoms with Gasteiger partial charge in [-0.05, 0) is 58.9 Å². The molecular weight excluding hydrogens is 702 g/mol. The van der Waals surface area contributed by atoms with Crippen LogP contribution in [-0.4, -0.2) is 70.4 Å². The van der Waals surface area contributed by atoms with Crippen molar-refractivity contribution in [3.8, 4) is 16.9 Å². The molecule has 55 heavy (non-hydrogen) atoms. The lowest BCUT2D eigenvalue weighted by molar-refractivity contribution is -0.137. The molecule has 296 valence electrons. The minimum Gasteiger partial charge on any atom is -0.507 e. The Labute approximate surface area is 322 Å². The quantitative estimate of drug-likeness (QED) is 0.0570. The third-order valence-electron chi connectivity index (χ3n) is 9.00. The molecule has 0 aliphatic carbocycles. The topological polar surface area (TPSA) is 252 Å². The zero-order chi connectivity index (χ0) is 41.1. The number of hydrogen-bond donors (Lipinski definition) is 8. The molecule has 14 heteroatoms. The number of nitrogens with one attached hydrogen (secondary N) is 3. The average molecular weight is 758 g/mol. The second-order valence-electron chi connectivity index (χ2n) is 15.6. The van der Waals surface area contributed by atoms with Crippen LogP contribution in [0.1, 0.15) is 94.3 Å². The Balaban J connectivity index is 1.96. The molecule has 0 unspecified atom stereocenters. The van der Waals surface area contributed by atoms with Crippen molar-refractivity contribution in [2.75, 3.05) is 6.54 Å². The molecular formula is C41H55N7O7. The number of phenols is 1. The summed E-state index contributed by atoms with van der Waals surface area (Å²) in [5.41, 5.74) is 19.1. The fourth-order valence-corrected chi connectivity index (χ4v) is 5.93. The van der Waals surface area contributed by atoms with E-state index in [9.17, 15) is 34.2 Å². The normalized spacial score (nSPS) is 13.1.